The van der Waals surface area contributed by atoms with Crippen molar-refractivity contribution < 1.29 is 4.74 Å². The molecule has 4 heteroatoms. The van der Waals surface area contributed by atoms with Gasteiger partial charge in [0, 0.05) is 11.8 Å². The van der Waals surface area contributed by atoms with Gasteiger partial charge in [-0.05, 0) is 29.5 Å². The van der Waals surface area contributed by atoms with Crippen molar-refractivity contribution in [1.82, 2.24) is 5.32 Å². The van der Waals surface area contributed by atoms with Gasteiger partial charge in [-0.2, -0.15) is 11.8 Å². The van der Waals surface area contributed by atoms with E-state index in [1.807, 2.05) is 23.9 Å². The highest BCUT2D eigenvalue weighted by molar-refractivity contribution is 7.99. The van der Waals surface area contributed by atoms with Gasteiger partial charge >= 0.3 is 0 Å². The topological polar surface area (TPSA) is 21.3 Å². The Hall–Kier alpha value is -0.380. The zero-order chi connectivity index (χ0) is 13.5. The van der Waals surface area contributed by atoms with Crippen LogP contribution in [-0.4, -0.2) is 24.7 Å². The maximum Gasteiger partial charge on any atom is 0.137 e. The minimum absolute atomic E-state index is 0.341. The third kappa shape index (κ3) is 4.71. The van der Waals surface area contributed by atoms with E-state index in [-0.39, 0.29) is 0 Å². The third-order valence-corrected chi connectivity index (χ3v) is 4.13. The van der Waals surface area contributed by atoms with Crippen LogP contribution in [0.5, 0.6) is 5.75 Å². The van der Waals surface area contributed by atoms with Crippen LogP contribution in [-0.2, 0) is 0 Å². The van der Waals surface area contributed by atoms with Crippen LogP contribution in [0.2, 0.25) is 5.02 Å². The quantitative estimate of drug-likeness (QED) is 0.814. The van der Waals surface area contributed by atoms with Crippen molar-refractivity contribution in [3.8, 4) is 5.75 Å². The van der Waals surface area contributed by atoms with E-state index in [0.29, 0.717) is 16.3 Å². The number of hydrogen-bond donors (Lipinski definition) is 1. The van der Waals surface area contributed by atoms with Gasteiger partial charge in [0.25, 0.3) is 0 Å². The third-order valence-electron chi connectivity index (χ3n) is 2.62. The SMILES string of the molecule is CCNC(CSC(C)C)c1ccc(Cl)c(OC)c1. The molecule has 1 aromatic carbocycles. The lowest BCUT2D eigenvalue weighted by atomic mass is 10.1. The molecule has 1 N–H and O–H groups in total. The van der Waals surface area contributed by atoms with Crippen molar-refractivity contribution in [2.24, 2.45) is 0 Å². The summed E-state index contributed by atoms with van der Waals surface area (Å²) in [5, 5.41) is 4.80. The minimum atomic E-state index is 0.341. The van der Waals surface area contributed by atoms with Crippen LogP contribution in [0, 0.1) is 0 Å². The Morgan fingerprint density at radius 3 is 2.67 bits per heavy atom. The highest BCUT2D eigenvalue weighted by Gasteiger charge is 2.13. The van der Waals surface area contributed by atoms with Gasteiger partial charge < -0.3 is 10.1 Å². The van der Waals surface area contributed by atoms with Crippen molar-refractivity contribution >= 4 is 23.4 Å². The van der Waals surface area contributed by atoms with Crippen molar-refractivity contribution in [3.05, 3.63) is 28.8 Å². The Morgan fingerprint density at radius 1 is 1.39 bits per heavy atom. The van der Waals surface area contributed by atoms with Crippen LogP contribution in [0.1, 0.15) is 32.4 Å². The predicted molar refractivity (Wildman–Crippen MR) is 82.0 cm³/mol. The van der Waals surface area contributed by atoms with Gasteiger partial charge in [0.2, 0.25) is 0 Å². The number of ether oxygens (including phenoxy) is 1. The van der Waals surface area contributed by atoms with Crippen molar-refractivity contribution in [1.29, 1.82) is 0 Å². The standard InChI is InChI=1S/C14H22ClNOS/c1-5-16-13(9-18-10(2)3)11-6-7-12(15)14(8-11)17-4/h6-8,10,13,16H,5,9H2,1-4H3. The first-order valence-electron chi connectivity index (χ1n) is 6.26. The maximum absolute atomic E-state index is 6.05. The Kier molecular flexibility index (Phi) is 6.90. The molecule has 1 atom stereocenters. The van der Waals surface area contributed by atoms with Gasteiger partial charge in [-0.3, -0.25) is 0 Å². The summed E-state index contributed by atoms with van der Waals surface area (Å²) in [4.78, 5) is 0. The molecule has 0 spiro atoms. The molecule has 0 radical (unpaired) electrons. The summed E-state index contributed by atoms with van der Waals surface area (Å²) in [5.41, 5.74) is 1.23. The molecular formula is C14H22ClNOS. The van der Waals surface area contributed by atoms with E-state index < -0.39 is 0 Å². The first-order chi connectivity index (χ1) is 8.58. The average molecular weight is 288 g/mol. The molecule has 18 heavy (non-hydrogen) atoms. The highest BCUT2D eigenvalue weighted by Crippen LogP contribution is 2.29. The summed E-state index contributed by atoms with van der Waals surface area (Å²) < 4.78 is 5.27. The number of thioether (sulfide) groups is 1. The molecule has 0 saturated heterocycles. The minimum Gasteiger partial charge on any atom is -0.495 e. The zero-order valence-corrected chi connectivity index (χ0v) is 13.1. The lowest BCUT2D eigenvalue weighted by Crippen LogP contribution is -2.23. The lowest BCUT2D eigenvalue weighted by molar-refractivity contribution is 0.413. The molecule has 1 unspecified atom stereocenters. The molecule has 0 fully saturated rings. The fraction of sp³-hybridized carbons (Fsp3) is 0.571. The number of nitrogens with one attached hydrogen (secondary N) is 1. The largest absolute Gasteiger partial charge is 0.495 e. The summed E-state index contributed by atoms with van der Waals surface area (Å²) in [6, 6.07) is 6.34. The summed E-state index contributed by atoms with van der Waals surface area (Å²) >= 11 is 8.01. The van der Waals surface area contributed by atoms with Gasteiger partial charge in [0.15, 0.2) is 0 Å². The van der Waals surface area contributed by atoms with E-state index in [4.69, 9.17) is 16.3 Å². The number of methoxy groups -OCH3 is 1. The van der Waals surface area contributed by atoms with Crippen LogP contribution in [0.15, 0.2) is 18.2 Å². The van der Waals surface area contributed by atoms with Gasteiger partial charge in [-0.15, -0.1) is 0 Å². The summed E-state index contributed by atoms with van der Waals surface area (Å²) in [5.74, 6) is 1.79. The molecule has 0 saturated carbocycles. The fourth-order valence-electron chi connectivity index (χ4n) is 1.70. The molecule has 0 bridgehead atoms. The van der Waals surface area contributed by atoms with E-state index in [1.165, 1.54) is 5.56 Å². The number of rotatable bonds is 7. The number of halogens is 1. The fourth-order valence-corrected chi connectivity index (χ4v) is 2.78. The van der Waals surface area contributed by atoms with E-state index in [0.717, 1.165) is 18.0 Å². The van der Waals surface area contributed by atoms with Crippen LogP contribution >= 0.6 is 23.4 Å². The van der Waals surface area contributed by atoms with E-state index >= 15 is 0 Å². The monoisotopic (exact) mass is 287 g/mol. The first-order valence-corrected chi connectivity index (χ1v) is 7.69. The summed E-state index contributed by atoms with van der Waals surface area (Å²) in [7, 11) is 1.65. The van der Waals surface area contributed by atoms with Gasteiger partial charge in [-0.25, -0.2) is 0 Å². The summed E-state index contributed by atoms with van der Waals surface area (Å²) in [6.07, 6.45) is 0. The molecule has 2 nitrogen and oxygen atoms in total. The Balaban J connectivity index is 2.83. The zero-order valence-electron chi connectivity index (χ0n) is 11.5. The van der Waals surface area contributed by atoms with Crippen LogP contribution < -0.4 is 10.1 Å². The van der Waals surface area contributed by atoms with Crippen molar-refractivity contribution in [3.63, 3.8) is 0 Å². The van der Waals surface area contributed by atoms with Gasteiger partial charge in [0.1, 0.15) is 5.75 Å². The molecule has 0 heterocycles. The normalized spacial score (nSPS) is 12.8. The Bertz CT molecular complexity index is 371. The highest BCUT2D eigenvalue weighted by atomic mass is 35.5. The van der Waals surface area contributed by atoms with Crippen LogP contribution in [0.4, 0.5) is 0 Å². The van der Waals surface area contributed by atoms with E-state index in [9.17, 15) is 0 Å². The van der Waals surface area contributed by atoms with Crippen molar-refractivity contribution in [2.45, 2.75) is 32.1 Å². The van der Waals surface area contributed by atoms with E-state index in [1.54, 1.807) is 7.11 Å². The summed E-state index contributed by atoms with van der Waals surface area (Å²) in [6.45, 7) is 7.51. The molecule has 1 rings (SSSR count). The molecular weight excluding hydrogens is 266 g/mol. The second-order valence-electron chi connectivity index (χ2n) is 4.39. The van der Waals surface area contributed by atoms with Crippen LogP contribution in [0.3, 0.4) is 0 Å². The smallest absolute Gasteiger partial charge is 0.137 e. The molecule has 0 aromatic heterocycles. The molecule has 0 aliphatic carbocycles. The number of hydrogen-bond acceptors (Lipinski definition) is 3. The molecule has 102 valence electrons. The molecule has 0 aliphatic heterocycles. The van der Waals surface area contributed by atoms with Crippen molar-refractivity contribution in [2.75, 3.05) is 19.4 Å². The lowest BCUT2D eigenvalue weighted by Gasteiger charge is -2.20. The Morgan fingerprint density at radius 2 is 2.11 bits per heavy atom. The maximum atomic E-state index is 6.05. The van der Waals surface area contributed by atoms with Gasteiger partial charge in [0.05, 0.1) is 12.1 Å². The first kappa shape index (κ1) is 15.7. The van der Waals surface area contributed by atoms with E-state index in [2.05, 4.69) is 32.2 Å². The molecule has 1 aromatic rings. The second kappa shape index (κ2) is 7.93. The average Bonchev–Trinajstić information content (AvgIpc) is 2.35. The molecule has 0 aliphatic rings. The second-order valence-corrected chi connectivity index (χ2v) is 6.40. The predicted octanol–water partition coefficient (Wildman–Crippen LogP) is 4.14. The van der Waals surface area contributed by atoms with Gasteiger partial charge in [-0.1, -0.05) is 38.4 Å². The van der Waals surface area contributed by atoms with Crippen LogP contribution in [0.25, 0.3) is 0 Å². The number of benzene rings is 1. The Labute approximate surface area is 119 Å². The molecule has 0 amide bonds.